The van der Waals surface area contributed by atoms with Gasteiger partial charge in [-0.2, -0.15) is 0 Å². The number of carbonyl (C=O) groups is 1. The van der Waals surface area contributed by atoms with Crippen molar-refractivity contribution in [2.75, 3.05) is 12.8 Å². The van der Waals surface area contributed by atoms with E-state index in [9.17, 15) is 9.90 Å². The first-order chi connectivity index (χ1) is 9.99. The molecule has 0 radical (unpaired) electrons. The summed E-state index contributed by atoms with van der Waals surface area (Å²) in [5, 5.41) is 9.46. The number of carboxylic acid groups (broad SMARTS) is 1. The van der Waals surface area contributed by atoms with Gasteiger partial charge in [-0.05, 0) is 19.1 Å². The Kier molecular flexibility index (Phi) is 3.21. The summed E-state index contributed by atoms with van der Waals surface area (Å²) in [5.41, 5.74) is 7.27. The standard InChI is InChI=1S/C14H14N2O4S/c1-6-3-7-4-10(19-2)8(5-9(7)20-6)12-11(13(17)18)16-14(15)21-12/h4-6H,3H2,1-2H3,(H2,15,16)(H,17,18). The molecule has 110 valence electrons. The van der Waals surface area contributed by atoms with Crippen molar-refractivity contribution in [2.24, 2.45) is 0 Å². The first-order valence-electron chi connectivity index (χ1n) is 6.37. The minimum Gasteiger partial charge on any atom is -0.496 e. The summed E-state index contributed by atoms with van der Waals surface area (Å²) in [7, 11) is 1.55. The number of nitrogens with zero attached hydrogens (tertiary/aromatic N) is 1. The zero-order valence-electron chi connectivity index (χ0n) is 11.5. The van der Waals surface area contributed by atoms with Gasteiger partial charge in [0.1, 0.15) is 17.6 Å². The SMILES string of the molecule is COc1cc2c(cc1-c1sc(N)nc1C(=O)O)OC(C)C2. The van der Waals surface area contributed by atoms with Crippen LogP contribution in [0.3, 0.4) is 0 Å². The number of carboxylic acids is 1. The van der Waals surface area contributed by atoms with Crippen molar-refractivity contribution < 1.29 is 19.4 Å². The molecular weight excluding hydrogens is 292 g/mol. The van der Waals surface area contributed by atoms with Crippen LogP contribution in [0, 0.1) is 0 Å². The number of ether oxygens (including phenoxy) is 2. The van der Waals surface area contributed by atoms with Gasteiger partial charge in [0, 0.05) is 17.5 Å². The Hall–Kier alpha value is -2.28. The van der Waals surface area contributed by atoms with E-state index in [0.717, 1.165) is 29.1 Å². The molecule has 7 heteroatoms. The first-order valence-corrected chi connectivity index (χ1v) is 7.18. The van der Waals surface area contributed by atoms with Gasteiger partial charge >= 0.3 is 5.97 Å². The highest BCUT2D eigenvalue weighted by molar-refractivity contribution is 7.19. The van der Waals surface area contributed by atoms with Crippen molar-refractivity contribution in [3.63, 3.8) is 0 Å². The number of hydrogen-bond acceptors (Lipinski definition) is 6. The van der Waals surface area contributed by atoms with E-state index in [1.54, 1.807) is 13.2 Å². The van der Waals surface area contributed by atoms with Crippen molar-refractivity contribution in [3.8, 4) is 21.9 Å². The van der Waals surface area contributed by atoms with E-state index >= 15 is 0 Å². The van der Waals surface area contributed by atoms with Gasteiger partial charge in [0.2, 0.25) is 0 Å². The summed E-state index contributed by atoms with van der Waals surface area (Å²) in [6, 6.07) is 3.69. The molecule has 2 aromatic rings. The number of aromatic nitrogens is 1. The molecule has 1 aromatic heterocycles. The molecule has 2 heterocycles. The smallest absolute Gasteiger partial charge is 0.356 e. The number of fused-ring (bicyclic) bond motifs is 1. The summed E-state index contributed by atoms with van der Waals surface area (Å²) < 4.78 is 11.1. The average Bonchev–Trinajstić information content (AvgIpc) is 2.98. The molecule has 1 aliphatic rings. The second-order valence-electron chi connectivity index (χ2n) is 4.83. The molecule has 1 atom stereocenters. The highest BCUT2D eigenvalue weighted by atomic mass is 32.1. The molecule has 1 unspecified atom stereocenters. The van der Waals surface area contributed by atoms with Gasteiger partial charge in [-0.1, -0.05) is 11.3 Å². The van der Waals surface area contributed by atoms with Crippen LogP contribution < -0.4 is 15.2 Å². The number of hydrogen-bond donors (Lipinski definition) is 2. The number of anilines is 1. The van der Waals surface area contributed by atoms with E-state index in [2.05, 4.69) is 4.98 Å². The van der Waals surface area contributed by atoms with E-state index in [0.29, 0.717) is 16.2 Å². The number of thiazole rings is 1. The van der Waals surface area contributed by atoms with Crippen molar-refractivity contribution in [1.29, 1.82) is 0 Å². The molecule has 6 nitrogen and oxygen atoms in total. The molecule has 1 aliphatic heterocycles. The Morgan fingerprint density at radius 3 is 3.00 bits per heavy atom. The zero-order chi connectivity index (χ0) is 15.1. The summed E-state index contributed by atoms with van der Waals surface area (Å²) in [4.78, 5) is 15.7. The third kappa shape index (κ3) is 2.29. The predicted molar refractivity (Wildman–Crippen MR) is 79.3 cm³/mol. The van der Waals surface area contributed by atoms with Gasteiger partial charge in [-0.15, -0.1) is 0 Å². The topological polar surface area (TPSA) is 94.7 Å². The number of nitrogens with two attached hydrogens (primary N) is 1. The normalized spacial score (nSPS) is 16.4. The van der Waals surface area contributed by atoms with Gasteiger partial charge in [-0.25, -0.2) is 9.78 Å². The molecule has 21 heavy (non-hydrogen) atoms. The van der Waals surface area contributed by atoms with Crippen LogP contribution in [0.2, 0.25) is 0 Å². The molecule has 0 spiro atoms. The summed E-state index contributed by atoms with van der Waals surface area (Å²) >= 11 is 1.12. The number of nitrogen functional groups attached to an aromatic ring is 1. The quantitative estimate of drug-likeness (QED) is 0.904. The van der Waals surface area contributed by atoms with Crippen LogP contribution in [0.4, 0.5) is 5.13 Å². The lowest BCUT2D eigenvalue weighted by atomic mass is 10.0. The number of methoxy groups -OCH3 is 1. The fraction of sp³-hybridized carbons (Fsp3) is 0.286. The van der Waals surface area contributed by atoms with Gasteiger partial charge < -0.3 is 20.3 Å². The molecule has 0 saturated carbocycles. The van der Waals surface area contributed by atoms with Crippen LogP contribution >= 0.6 is 11.3 Å². The predicted octanol–water partition coefficient (Wildman–Crippen LogP) is 2.42. The summed E-state index contributed by atoms with van der Waals surface area (Å²) in [6.07, 6.45) is 0.910. The van der Waals surface area contributed by atoms with Crippen LogP contribution in [-0.4, -0.2) is 29.3 Å². The highest BCUT2D eigenvalue weighted by Gasteiger charge is 2.26. The van der Waals surface area contributed by atoms with E-state index in [-0.39, 0.29) is 16.9 Å². The monoisotopic (exact) mass is 306 g/mol. The first kappa shape index (κ1) is 13.7. The van der Waals surface area contributed by atoms with Crippen LogP contribution in [0.5, 0.6) is 11.5 Å². The maximum atomic E-state index is 11.3. The largest absolute Gasteiger partial charge is 0.496 e. The molecule has 3 N–H and O–H groups in total. The lowest BCUT2D eigenvalue weighted by molar-refractivity contribution is 0.0692. The minimum absolute atomic E-state index is 0.0678. The number of benzene rings is 1. The van der Waals surface area contributed by atoms with E-state index in [1.807, 2.05) is 13.0 Å². The average molecular weight is 306 g/mol. The summed E-state index contributed by atoms with van der Waals surface area (Å²) in [5.74, 6) is 0.231. The molecule has 1 aromatic carbocycles. The van der Waals surface area contributed by atoms with E-state index in [1.165, 1.54) is 0 Å². The molecule has 0 amide bonds. The second kappa shape index (κ2) is 4.92. The maximum absolute atomic E-state index is 11.3. The van der Waals surface area contributed by atoms with Crippen molar-refractivity contribution >= 4 is 22.4 Å². The van der Waals surface area contributed by atoms with Crippen molar-refractivity contribution in [2.45, 2.75) is 19.4 Å². The molecule has 0 bridgehead atoms. The lowest BCUT2D eigenvalue weighted by Crippen LogP contribution is -2.05. The Balaban J connectivity index is 2.19. The van der Waals surface area contributed by atoms with Gasteiger partial charge in [0.15, 0.2) is 10.8 Å². The van der Waals surface area contributed by atoms with Gasteiger partial charge in [0.25, 0.3) is 0 Å². The van der Waals surface area contributed by atoms with Gasteiger partial charge in [-0.3, -0.25) is 0 Å². The highest BCUT2D eigenvalue weighted by Crippen LogP contribution is 2.43. The van der Waals surface area contributed by atoms with E-state index in [4.69, 9.17) is 15.2 Å². The number of aromatic carboxylic acids is 1. The Morgan fingerprint density at radius 2 is 2.33 bits per heavy atom. The van der Waals surface area contributed by atoms with Crippen LogP contribution in [0.1, 0.15) is 23.0 Å². The fourth-order valence-electron chi connectivity index (χ4n) is 2.45. The fourth-order valence-corrected chi connectivity index (χ4v) is 3.30. The van der Waals surface area contributed by atoms with Crippen molar-refractivity contribution in [3.05, 3.63) is 23.4 Å². The molecular formula is C14H14N2O4S. The zero-order valence-corrected chi connectivity index (χ0v) is 12.4. The van der Waals surface area contributed by atoms with Crippen LogP contribution in [-0.2, 0) is 6.42 Å². The Morgan fingerprint density at radius 1 is 1.57 bits per heavy atom. The van der Waals surface area contributed by atoms with Crippen LogP contribution in [0.25, 0.3) is 10.4 Å². The second-order valence-corrected chi connectivity index (χ2v) is 5.86. The van der Waals surface area contributed by atoms with Crippen molar-refractivity contribution in [1.82, 2.24) is 4.98 Å². The number of rotatable bonds is 3. The molecule has 0 fully saturated rings. The van der Waals surface area contributed by atoms with Gasteiger partial charge in [0.05, 0.1) is 12.0 Å². The summed E-state index contributed by atoms with van der Waals surface area (Å²) in [6.45, 7) is 1.99. The van der Waals surface area contributed by atoms with E-state index < -0.39 is 5.97 Å². The third-order valence-electron chi connectivity index (χ3n) is 3.31. The Bertz CT molecular complexity index is 726. The Labute approximate surface area is 125 Å². The molecule has 0 aliphatic carbocycles. The molecule has 3 rings (SSSR count). The minimum atomic E-state index is -1.12. The van der Waals surface area contributed by atoms with Crippen LogP contribution in [0.15, 0.2) is 12.1 Å². The lowest BCUT2D eigenvalue weighted by Gasteiger charge is -2.10. The third-order valence-corrected chi connectivity index (χ3v) is 4.23. The maximum Gasteiger partial charge on any atom is 0.356 e. The molecule has 0 saturated heterocycles.